The van der Waals surface area contributed by atoms with E-state index >= 15 is 0 Å². The summed E-state index contributed by atoms with van der Waals surface area (Å²) >= 11 is 0. The summed E-state index contributed by atoms with van der Waals surface area (Å²) in [5, 5.41) is 13.9. The Morgan fingerprint density at radius 2 is 0.685 bits per heavy atom. The molecule has 0 aliphatic heterocycles. The van der Waals surface area contributed by atoms with Crippen LogP contribution < -0.4 is 0 Å². The number of benzene rings is 10. The van der Waals surface area contributed by atoms with Crippen molar-refractivity contribution in [2.24, 2.45) is 0 Å². The highest BCUT2D eigenvalue weighted by Crippen LogP contribution is 2.54. The lowest BCUT2D eigenvalue weighted by atomic mass is 9.88. The van der Waals surface area contributed by atoms with Crippen LogP contribution in [0.15, 0.2) is 170 Å². The summed E-state index contributed by atoms with van der Waals surface area (Å²) in [5.41, 5.74) is 20.4. The van der Waals surface area contributed by atoms with E-state index in [-0.39, 0.29) is 0 Å². The molecule has 1 heteroatoms. The minimum absolute atomic E-state index is 0.970. The molecule has 0 unspecified atom stereocenters. The van der Waals surface area contributed by atoms with Crippen LogP contribution in [0.1, 0.15) is 144 Å². The standard InChI is InChI=1S/C29H21N.C28H18.C3H8.6C2H6/c1-2-30-26-14-8-7-13-23(26)28-27-21-16-15-18-9-3-4-10-19(18)24(21)17-25(27)20-11-5-6-12-22(20)29(28)30;1-3-9-19-17(7-1)13-14-23-24(19)16-26-22-12-6-5-11-21(22)25-15-18-8-2-4-10-20(18)27(25)28(23)26;1-3-2;6*1-2/h3-16H,2,17H2,1H3;1-14H,15-16H2;3H2,1-2H3;6*1-2H3. The fourth-order valence-corrected chi connectivity index (χ4v) is 11.4. The molecule has 1 heterocycles. The molecule has 10 aromatic carbocycles. The van der Waals surface area contributed by atoms with E-state index in [0.29, 0.717) is 0 Å². The second-order valence-corrected chi connectivity index (χ2v) is 17.2. The first-order valence-corrected chi connectivity index (χ1v) is 28.3. The minimum Gasteiger partial charge on any atom is -0.340 e. The van der Waals surface area contributed by atoms with Crippen LogP contribution in [0.25, 0.3) is 98.3 Å². The SMILES string of the molecule is CC.CC.CC.CC.CC.CC.CCC.CCn1c2ccccc2c2c3c(c4ccccc4c21)Cc1c-3ccc2ccccc12.c1ccc2c(c1)Cc1c-2c2c(c3ccccc13)Cc1c-2ccc2ccccc12. The van der Waals surface area contributed by atoms with E-state index in [1.54, 1.807) is 0 Å². The Morgan fingerprint density at radius 1 is 0.315 bits per heavy atom. The summed E-state index contributed by atoms with van der Waals surface area (Å²) in [6, 6.07) is 62.9. The molecule has 0 saturated carbocycles. The third-order valence-corrected chi connectivity index (χ3v) is 13.8. The van der Waals surface area contributed by atoms with Gasteiger partial charge in [0.15, 0.2) is 0 Å². The number of aryl methyl sites for hydroxylation is 1. The van der Waals surface area contributed by atoms with Gasteiger partial charge in [-0.3, -0.25) is 0 Å². The Morgan fingerprint density at radius 3 is 1.21 bits per heavy atom. The first-order chi connectivity index (χ1) is 36.2. The number of rotatable bonds is 1. The highest BCUT2D eigenvalue weighted by molar-refractivity contribution is 6.26. The molecule has 73 heavy (non-hydrogen) atoms. The molecule has 0 spiro atoms. The molecule has 1 nitrogen and oxygen atoms in total. The highest BCUT2D eigenvalue weighted by atomic mass is 15.0. The largest absolute Gasteiger partial charge is 0.340 e. The van der Waals surface area contributed by atoms with Gasteiger partial charge in [-0.15, -0.1) is 0 Å². The fourth-order valence-electron chi connectivity index (χ4n) is 11.4. The van der Waals surface area contributed by atoms with E-state index in [2.05, 4.69) is 195 Å². The van der Waals surface area contributed by atoms with Gasteiger partial charge >= 0.3 is 0 Å². The van der Waals surface area contributed by atoms with Crippen LogP contribution in [-0.2, 0) is 25.8 Å². The van der Waals surface area contributed by atoms with Crippen molar-refractivity contribution in [3.8, 4) is 33.4 Å². The van der Waals surface area contributed by atoms with E-state index in [1.165, 1.54) is 138 Å². The van der Waals surface area contributed by atoms with E-state index in [4.69, 9.17) is 0 Å². The lowest BCUT2D eigenvalue weighted by molar-refractivity contribution is 0.829. The van der Waals surface area contributed by atoms with E-state index in [0.717, 1.165) is 25.8 Å². The van der Waals surface area contributed by atoms with Crippen molar-refractivity contribution in [2.75, 3.05) is 0 Å². The number of para-hydroxylation sites is 1. The van der Waals surface area contributed by atoms with Gasteiger partial charge in [-0.05, 0) is 137 Å². The van der Waals surface area contributed by atoms with Gasteiger partial charge in [0.05, 0.1) is 5.52 Å². The molecule has 0 saturated heterocycles. The van der Waals surface area contributed by atoms with Gasteiger partial charge < -0.3 is 4.57 Å². The Balaban J connectivity index is 0.000000190. The molecule has 3 aliphatic carbocycles. The van der Waals surface area contributed by atoms with Gasteiger partial charge in [0, 0.05) is 28.2 Å². The number of nitrogens with zero attached hydrogens (tertiary/aromatic N) is 1. The average molecular weight is 962 g/mol. The lowest BCUT2D eigenvalue weighted by Crippen LogP contribution is -1.95. The van der Waals surface area contributed by atoms with Crippen molar-refractivity contribution in [3.63, 3.8) is 0 Å². The molecule has 0 atom stereocenters. The van der Waals surface area contributed by atoms with Crippen LogP contribution >= 0.6 is 0 Å². The first kappa shape index (κ1) is 55.4. The Labute approximate surface area is 439 Å². The Kier molecular flexibility index (Phi) is 19.8. The quantitative estimate of drug-likeness (QED) is 0.154. The van der Waals surface area contributed by atoms with Crippen molar-refractivity contribution >= 4 is 64.9 Å². The van der Waals surface area contributed by atoms with Crippen LogP contribution in [-0.4, -0.2) is 4.57 Å². The molecule has 0 radical (unpaired) electrons. The van der Waals surface area contributed by atoms with Gasteiger partial charge in [-0.1, -0.05) is 267 Å². The Bertz CT molecular complexity index is 3600. The smallest absolute Gasteiger partial charge is 0.0577 e. The van der Waals surface area contributed by atoms with Crippen molar-refractivity contribution in [1.29, 1.82) is 0 Å². The zero-order chi connectivity index (χ0) is 52.8. The van der Waals surface area contributed by atoms with E-state index in [9.17, 15) is 0 Å². The van der Waals surface area contributed by atoms with Crippen molar-refractivity contribution in [2.45, 2.75) is 136 Å². The van der Waals surface area contributed by atoms with Crippen molar-refractivity contribution < 1.29 is 0 Å². The number of hydrogen-bond acceptors (Lipinski definition) is 0. The highest BCUT2D eigenvalue weighted by Gasteiger charge is 2.32. The molecule has 0 bridgehead atoms. The third-order valence-electron chi connectivity index (χ3n) is 13.8. The van der Waals surface area contributed by atoms with Gasteiger partial charge in [-0.25, -0.2) is 0 Å². The minimum atomic E-state index is 0.970. The normalized spacial score (nSPS) is 11.2. The molecule has 0 amide bonds. The number of fused-ring (bicyclic) bond motifs is 24. The summed E-state index contributed by atoms with van der Waals surface area (Å²) in [6.07, 6.45) is 4.33. The summed E-state index contributed by atoms with van der Waals surface area (Å²) in [5.74, 6) is 0. The molecular formula is C72H83N. The van der Waals surface area contributed by atoms with Crippen LogP contribution in [0.3, 0.4) is 0 Å². The van der Waals surface area contributed by atoms with Crippen LogP contribution in [0.2, 0.25) is 0 Å². The summed E-state index contributed by atoms with van der Waals surface area (Å²) < 4.78 is 2.51. The molecule has 11 aromatic rings. The summed E-state index contributed by atoms with van der Waals surface area (Å²) in [4.78, 5) is 0. The second kappa shape index (κ2) is 26.1. The summed E-state index contributed by atoms with van der Waals surface area (Å²) in [6.45, 7) is 31.5. The molecule has 1 aromatic heterocycles. The molecule has 376 valence electrons. The second-order valence-electron chi connectivity index (χ2n) is 17.2. The topological polar surface area (TPSA) is 4.93 Å². The van der Waals surface area contributed by atoms with Crippen LogP contribution in [0.4, 0.5) is 0 Å². The number of aromatic nitrogens is 1. The van der Waals surface area contributed by atoms with Crippen LogP contribution in [0, 0.1) is 0 Å². The maximum absolute atomic E-state index is 2.51. The van der Waals surface area contributed by atoms with E-state index < -0.39 is 0 Å². The predicted octanol–water partition coefficient (Wildman–Crippen LogP) is 22.4. The summed E-state index contributed by atoms with van der Waals surface area (Å²) in [7, 11) is 0. The van der Waals surface area contributed by atoms with Gasteiger partial charge in [-0.2, -0.15) is 0 Å². The fraction of sp³-hybridized carbons (Fsp3) is 0.278. The van der Waals surface area contributed by atoms with E-state index in [1.807, 2.05) is 83.1 Å². The zero-order valence-electron chi connectivity index (χ0n) is 47.1. The third kappa shape index (κ3) is 9.72. The average Bonchev–Trinajstić information content (AvgIpc) is 4.27. The molecule has 0 N–H and O–H groups in total. The molecular weight excluding hydrogens is 879 g/mol. The number of hydrogen-bond donors (Lipinski definition) is 0. The van der Waals surface area contributed by atoms with Crippen molar-refractivity contribution in [1.82, 2.24) is 4.57 Å². The van der Waals surface area contributed by atoms with Gasteiger partial charge in [0.1, 0.15) is 0 Å². The maximum Gasteiger partial charge on any atom is 0.0577 e. The van der Waals surface area contributed by atoms with Gasteiger partial charge in [0.25, 0.3) is 0 Å². The van der Waals surface area contributed by atoms with Crippen LogP contribution in [0.5, 0.6) is 0 Å². The maximum atomic E-state index is 2.51. The molecule has 3 aliphatic rings. The molecule has 14 rings (SSSR count). The Hall–Kier alpha value is -6.96. The predicted molar refractivity (Wildman–Crippen MR) is 330 cm³/mol. The van der Waals surface area contributed by atoms with Crippen molar-refractivity contribution in [3.05, 3.63) is 203 Å². The lowest BCUT2D eigenvalue weighted by Gasteiger charge is -2.15. The van der Waals surface area contributed by atoms with Gasteiger partial charge in [0.2, 0.25) is 0 Å². The zero-order valence-corrected chi connectivity index (χ0v) is 47.1. The molecule has 0 fully saturated rings. The monoisotopic (exact) mass is 962 g/mol. The first-order valence-electron chi connectivity index (χ1n) is 28.3.